The van der Waals surface area contributed by atoms with Crippen LogP contribution in [0.3, 0.4) is 0 Å². The summed E-state index contributed by atoms with van der Waals surface area (Å²) in [6, 6.07) is 0. The molecule has 1 atom stereocenters. The molecular weight excluding hydrogens is 282 g/mol. The van der Waals surface area contributed by atoms with E-state index in [2.05, 4.69) is 5.32 Å². The molecule has 6 heteroatoms. The normalized spacial score (nSPS) is 12.1. The van der Waals surface area contributed by atoms with Crippen molar-refractivity contribution in [3.8, 4) is 0 Å². The van der Waals surface area contributed by atoms with E-state index in [0.29, 0.717) is 30.4 Å². The SMILES string of the molecule is CCOC(=S)SC(C)C(=O)CCCNC(=O)C(C)C. The molecule has 0 radical (unpaired) electrons. The van der Waals surface area contributed by atoms with Crippen LogP contribution in [0.25, 0.3) is 0 Å². The maximum Gasteiger partial charge on any atom is 0.222 e. The Morgan fingerprint density at radius 2 is 1.95 bits per heavy atom. The minimum atomic E-state index is -0.195. The van der Waals surface area contributed by atoms with E-state index >= 15 is 0 Å². The van der Waals surface area contributed by atoms with Gasteiger partial charge in [-0.25, -0.2) is 0 Å². The highest BCUT2D eigenvalue weighted by Crippen LogP contribution is 2.16. The summed E-state index contributed by atoms with van der Waals surface area (Å²) in [5.41, 5.74) is 0. The van der Waals surface area contributed by atoms with Crippen molar-refractivity contribution in [2.24, 2.45) is 5.92 Å². The highest BCUT2D eigenvalue weighted by molar-refractivity contribution is 8.23. The van der Waals surface area contributed by atoms with Gasteiger partial charge in [-0.15, -0.1) is 0 Å². The van der Waals surface area contributed by atoms with Crippen LogP contribution in [-0.4, -0.2) is 34.5 Å². The largest absolute Gasteiger partial charge is 0.479 e. The predicted octanol–water partition coefficient (Wildman–Crippen LogP) is 2.55. The first kappa shape index (κ1) is 18.4. The quantitative estimate of drug-likeness (QED) is 0.552. The van der Waals surface area contributed by atoms with Gasteiger partial charge >= 0.3 is 0 Å². The fourth-order valence-corrected chi connectivity index (χ4v) is 2.52. The van der Waals surface area contributed by atoms with Gasteiger partial charge in [-0.1, -0.05) is 25.6 Å². The van der Waals surface area contributed by atoms with Crippen LogP contribution in [0, 0.1) is 5.92 Å². The Bertz CT molecular complexity index is 319. The molecule has 110 valence electrons. The lowest BCUT2D eigenvalue weighted by Crippen LogP contribution is -2.29. The predicted molar refractivity (Wildman–Crippen MR) is 83.4 cm³/mol. The number of ether oxygens (including phenoxy) is 1. The summed E-state index contributed by atoms with van der Waals surface area (Å²) >= 11 is 6.25. The third-order valence-electron chi connectivity index (χ3n) is 2.41. The van der Waals surface area contributed by atoms with Crippen LogP contribution < -0.4 is 5.32 Å². The number of thiocarbonyl (C=S) groups is 1. The number of thioether (sulfide) groups is 1. The van der Waals surface area contributed by atoms with E-state index in [0.717, 1.165) is 0 Å². The molecule has 1 N–H and O–H groups in total. The molecule has 0 aromatic carbocycles. The Kier molecular flexibility index (Phi) is 9.87. The molecule has 0 spiro atoms. The number of amides is 1. The Hall–Kier alpha value is -0.620. The average molecular weight is 305 g/mol. The van der Waals surface area contributed by atoms with Crippen LogP contribution in [0.1, 0.15) is 40.5 Å². The first-order valence-electron chi connectivity index (χ1n) is 6.52. The molecule has 0 saturated heterocycles. The number of Topliss-reactive ketones (excluding diaryl/α,β-unsaturated/α-hetero) is 1. The number of nitrogens with one attached hydrogen (secondary N) is 1. The second-order valence-electron chi connectivity index (χ2n) is 4.46. The minimum absolute atomic E-state index is 0.0197. The zero-order chi connectivity index (χ0) is 14.8. The molecule has 0 rings (SSSR count). The number of carbonyl (C=O) groups excluding carboxylic acids is 2. The molecule has 0 bridgehead atoms. The lowest BCUT2D eigenvalue weighted by molar-refractivity contribution is -0.124. The van der Waals surface area contributed by atoms with Crippen molar-refractivity contribution in [3.05, 3.63) is 0 Å². The van der Waals surface area contributed by atoms with E-state index in [1.165, 1.54) is 11.8 Å². The molecule has 0 aliphatic rings. The van der Waals surface area contributed by atoms with Crippen LogP contribution in [0.15, 0.2) is 0 Å². The van der Waals surface area contributed by atoms with Gasteiger partial charge < -0.3 is 10.1 Å². The fraction of sp³-hybridized carbons (Fsp3) is 0.769. The van der Waals surface area contributed by atoms with Gasteiger partial charge in [0.25, 0.3) is 0 Å². The van der Waals surface area contributed by atoms with E-state index in [9.17, 15) is 9.59 Å². The standard InChI is InChI=1S/C13H23NO3S2/c1-5-17-13(18)19-10(4)11(15)7-6-8-14-12(16)9(2)3/h9-10H,5-8H2,1-4H3,(H,14,16). The van der Waals surface area contributed by atoms with Crippen molar-refractivity contribution < 1.29 is 14.3 Å². The first-order valence-corrected chi connectivity index (χ1v) is 7.81. The van der Waals surface area contributed by atoms with Crippen LogP contribution >= 0.6 is 24.0 Å². The average Bonchev–Trinajstić information content (AvgIpc) is 2.33. The maximum absolute atomic E-state index is 11.8. The zero-order valence-corrected chi connectivity index (χ0v) is 13.7. The molecule has 4 nitrogen and oxygen atoms in total. The summed E-state index contributed by atoms with van der Waals surface area (Å²) in [6.45, 7) is 8.42. The van der Waals surface area contributed by atoms with Crippen molar-refractivity contribution in [3.63, 3.8) is 0 Å². The molecule has 0 heterocycles. The lowest BCUT2D eigenvalue weighted by Gasteiger charge is -2.11. The minimum Gasteiger partial charge on any atom is -0.479 e. The second-order valence-corrected chi connectivity index (χ2v) is 6.40. The highest BCUT2D eigenvalue weighted by atomic mass is 32.2. The molecule has 1 unspecified atom stereocenters. The number of hydrogen-bond acceptors (Lipinski definition) is 5. The van der Waals surface area contributed by atoms with E-state index < -0.39 is 0 Å². The van der Waals surface area contributed by atoms with Crippen molar-refractivity contribution in [1.29, 1.82) is 0 Å². The molecule has 0 aliphatic heterocycles. The van der Waals surface area contributed by atoms with Crippen molar-refractivity contribution in [2.75, 3.05) is 13.2 Å². The smallest absolute Gasteiger partial charge is 0.222 e. The molecular formula is C13H23NO3S2. The summed E-state index contributed by atoms with van der Waals surface area (Å²) < 4.78 is 5.54. The van der Waals surface area contributed by atoms with Gasteiger partial charge in [0.15, 0.2) is 0 Å². The van der Waals surface area contributed by atoms with E-state index in [1.807, 2.05) is 27.7 Å². The molecule has 19 heavy (non-hydrogen) atoms. The third-order valence-corrected chi connectivity index (χ3v) is 3.75. The van der Waals surface area contributed by atoms with Gasteiger partial charge in [0.2, 0.25) is 10.3 Å². The molecule has 0 aromatic rings. The van der Waals surface area contributed by atoms with E-state index in [1.54, 1.807) is 0 Å². The number of carbonyl (C=O) groups is 2. The molecule has 0 fully saturated rings. The number of rotatable bonds is 8. The summed E-state index contributed by atoms with van der Waals surface area (Å²) in [7, 11) is 0. The molecule has 0 aromatic heterocycles. The highest BCUT2D eigenvalue weighted by Gasteiger charge is 2.16. The Morgan fingerprint density at radius 1 is 1.32 bits per heavy atom. The van der Waals surface area contributed by atoms with E-state index in [4.69, 9.17) is 17.0 Å². The number of hydrogen-bond donors (Lipinski definition) is 1. The Balaban J connectivity index is 3.79. The van der Waals surface area contributed by atoms with Crippen LogP contribution in [0.5, 0.6) is 0 Å². The van der Waals surface area contributed by atoms with Gasteiger partial charge in [-0.3, -0.25) is 9.59 Å². The lowest BCUT2D eigenvalue weighted by atomic mass is 10.1. The number of ketones is 1. The summed E-state index contributed by atoms with van der Waals surface area (Å²) in [6.07, 6.45) is 1.10. The van der Waals surface area contributed by atoms with Gasteiger partial charge in [0, 0.05) is 18.9 Å². The molecule has 0 aliphatic carbocycles. The van der Waals surface area contributed by atoms with Gasteiger partial charge in [-0.05, 0) is 32.5 Å². The van der Waals surface area contributed by atoms with Crippen molar-refractivity contribution in [1.82, 2.24) is 5.32 Å². The summed E-state index contributed by atoms with van der Waals surface area (Å²) in [4.78, 5) is 23.1. The Labute approximate surface area is 125 Å². The first-order chi connectivity index (χ1) is 8.88. The second kappa shape index (κ2) is 10.2. The maximum atomic E-state index is 11.8. The van der Waals surface area contributed by atoms with Crippen molar-refractivity contribution >= 4 is 40.1 Å². The zero-order valence-electron chi connectivity index (χ0n) is 12.0. The molecule has 0 saturated carbocycles. The fourth-order valence-electron chi connectivity index (χ4n) is 1.24. The molecule has 1 amide bonds. The van der Waals surface area contributed by atoms with Gasteiger partial charge in [0.1, 0.15) is 5.78 Å². The monoisotopic (exact) mass is 305 g/mol. The van der Waals surface area contributed by atoms with Crippen LogP contribution in [-0.2, 0) is 14.3 Å². The van der Waals surface area contributed by atoms with Gasteiger partial charge in [0.05, 0.1) is 11.9 Å². The van der Waals surface area contributed by atoms with Crippen LogP contribution in [0.4, 0.5) is 0 Å². The summed E-state index contributed by atoms with van der Waals surface area (Å²) in [5, 5.41) is 2.59. The van der Waals surface area contributed by atoms with Crippen LogP contribution in [0.2, 0.25) is 0 Å². The summed E-state index contributed by atoms with van der Waals surface area (Å²) in [5.74, 6) is 0.131. The van der Waals surface area contributed by atoms with Crippen molar-refractivity contribution in [2.45, 2.75) is 45.8 Å². The topological polar surface area (TPSA) is 55.4 Å². The van der Waals surface area contributed by atoms with E-state index in [-0.39, 0.29) is 22.9 Å². The Morgan fingerprint density at radius 3 is 2.47 bits per heavy atom. The van der Waals surface area contributed by atoms with Gasteiger partial charge in [-0.2, -0.15) is 0 Å². The third kappa shape index (κ3) is 8.99.